The molecule has 1 aromatic carbocycles. The molecule has 2 aromatic rings. The average molecular weight is 526 g/mol. The first-order chi connectivity index (χ1) is 17.9. The van der Waals surface area contributed by atoms with Gasteiger partial charge in [-0.25, -0.2) is 13.4 Å². The molecular formula is C26H35N7O3S. The number of rotatable bonds is 7. The second kappa shape index (κ2) is 11.2. The van der Waals surface area contributed by atoms with E-state index < -0.39 is 10.0 Å². The number of anilines is 3. The number of benzene rings is 1. The zero-order valence-corrected chi connectivity index (χ0v) is 21.8. The van der Waals surface area contributed by atoms with Crippen molar-refractivity contribution >= 4 is 27.5 Å². The van der Waals surface area contributed by atoms with Crippen molar-refractivity contribution in [2.24, 2.45) is 0 Å². The molecule has 2 saturated heterocycles. The number of hydrogen-bond acceptors (Lipinski definition) is 9. The highest BCUT2D eigenvalue weighted by Crippen LogP contribution is 2.27. The summed E-state index contributed by atoms with van der Waals surface area (Å²) >= 11 is 0. The van der Waals surface area contributed by atoms with Crippen LogP contribution in [0, 0.1) is 11.3 Å². The molecule has 3 heterocycles. The van der Waals surface area contributed by atoms with Crippen LogP contribution in [0.2, 0.25) is 0 Å². The fourth-order valence-electron chi connectivity index (χ4n) is 5.43. The van der Waals surface area contributed by atoms with E-state index in [1.165, 1.54) is 12.8 Å². The number of nitriles is 1. The summed E-state index contributed by atoms with van der Waals surface area (Å²) in [6.07, 6.45) is 8.57. The van der Waals surface area contributed by atoms with Crippen LogP contribution >= 0.6 is 0 Å². The Hall–Kier alpha value is -2.94. The summed E-state index contributed by atoms with van der Waals surface area (Å²) in [4.78, 5) is 11.4. The zero-order valence-electron chi connectivity index (χ0n) is 21.0. The summed E-state index contributed by atoms with van der Waals surface area (Å²) in [5.41, 5.74) is 1.42. The van der Waals surface area contributed by atoms with E-state index in [0.29, 0.717) is 54.2 Å². The third kappa shape index (κ3) is 5.98. The predicted octanol–water partition coefficient (Wildman–Crippen LogP) is 2.93. The first-order valence-electron chi connectivity index (χ1n) is 13.3. The van der Waals surface area contributed by atoms with E-state index in [-0.39, 0.29) is 12.1 Å². The molecule has 198 valence electrons. The van der Waals surface area contributed by atoms with Gasteiger partial charge in [-0.15, -0.1) is 0 Å². The van der Waals surface area contributed by atoms with Crippen LogP contribution in [0.1, 0.15) is 56.9 Å². The highest BCUT2D eigenvalue weighted by molar-refractivity contribution is 7.89. The van der Waals surface area contributed by atoms with Gasteiger partial charge in [0, 0.05) is 44.0 Å². The van der Waals surface area contributed by atoms with E-state index in [2.05, 4.69) is 31.6 Å². The molecule has 1 aromatic heterocycles. The molecule has 0 bridgehead atoms. The van der Waals surface area contributed by atoms with Crippen molar-refractivity contribution in [1.82, 2.24) is 14.3 Å². The molecule has 3 fully saturated rings. The molecule has 1 aliphatic carbocycles. The van der Waals surface area contributed by atoms with Gasteiger partial charge in [-0.05, 0) is 62.8 Å². The van der Waals surface area contributed by atoms with Crippen LogP contribution in [-0.4, -0.2) is 72.2 Å². The molecule has 1 saturated carbocycles. The highest BCUT2D eigenvalue weighted by atomic mass is 32.2. The van der Waals surface area contributed by atoms with Gasteiger partial charge in [-0.1, -0.05) is 12.8 Å². The van der Waals surface area contributed by atoms with Crippen molar-refractivity contribution in [2.75, 3.05) is 41.7 Å². The minimum absolute atomic E-state index is 0.0514. The summed E-state index contributed by atoms with van der Waals surface area (Å²) in [6.45, 7) is 2.37. The van der Waals surface area contributed by atoms with E-state index in [0.717, 1.165) is 44.5 Å². The number of hydrogen-bond donors (Lipinski definition) is 3. The van der Waals surface area contributed by atoms with Crippen molar-refractivity contribution < 1.29 is 13.5 Å². The van der Waals surface area contributed by atoms with Crippen LogP contribution in [0.25, 0.3) is 0 Å². The van der Waals surface area contributed by atoms with Crippen LogP contribution in [0.3, 0.4) is 0 Å². The fraction of sp³-hybridized carbons (Fsp3) is 0.577. The van der Waals surface area contributed by atoms with E-state index in [1.807, 2.05) is 12.1 Å². The normalized spacial score (nSPS) is 20.6. The van der Waals surface area contributed by atoms with Gasteiger partial charge in [0.2, 0.25) is 16.0 Å². The largest absolute Gasteiger partial charge is 0.393 e. The number of nitrogens with zero attached hydrogens (tertiary/aromatic N) is 5. The van der Waals surface area contributed by atoms with E-state index in [4.69, 9.17) is 0 Å². The van der Waals surface area contributed by atoms with E-state index in [1.54, 1.807) is 22.6 Å². The topological polar surface area (TPSA) is 134 Å². The van der Waals surface area contributed by atoms with Gasteiger partial charge in [-0.3, -0.25) is 0 Å². The number of aromatic nitrogens is 2. The molecule has 0 unspecified atom stereocenters. The van der Waals surface area contributed by atoms with Crippen molar-refractivity contribution in [3.63, 3.8) is 0 Å². The molecule has 3 aliphatic rings. The minimum atomic E-state index is -3.57. The van der Waals surface area contributed by atoms with Gasteiger partial charge >= 0.3 is 0 Å². The molecule has 0 amide bonds. The Morgan fingerprint density at radius 2 is 1.57 bits per heavy atom. The first kappa shape index (κ1) is 25.7. The third-order valence-corrected chi connectivity index (χ3v) is 9.61. The Balaban J connectivity index is 1.17. The van der Waals surface area contributed by atoms with Gasteiger partial charge in [0.1, 0.15) is 17.5 Å². The molecule has 10 nitrogen and oxygen atoms in total. The van der Waals surface area contributed by atoms with E-state index in [9.17, 15) is 18.8 Å². The average Bonchev–Trinajstić information content (AvgIpc) is 3.43. The Labute approximate surface area is 218 Å². The second-order valence-electron chi connectivity index (χ2n) is 10.2. The quantitative estimate of drug-likeness (QED) is 0.499. The molecule has 0 radical (unpaired) electrons. The molecule has 0 atom stereocenters. The maximum atomic E-state index is 13.3. The molecule has 0 spiro atoms. The summed E-state index contributed by atoms with van der Waals surface area (Å²) < 4.78 is 28.1. The van der Waals surface area contributed by atoms with Crippen LogP contribution in [-0.2, 0) is 10.0 Å². The Bertz CT molecular complexity index is 1210. The standard InChI is InChI=1S/C26H35N7O3S/c27-17-19-18-28-26(31-25(19)29-20-3-1-2-4-20)30-21-9-15-33(16-10-21)37(35,36)24-7-5-22(6-8-24)32-13-11-23(34)12-14-32/h5-8,18,20-21,23,34H,1-4,9-16H2,(H2,28,29,30,31). The smallest absolute Gasteiger partial charge is 0.243 e. The molecule has 5 rings (SSSR count). The van der Waals surface area contributed by atoms with Gasteiger partial charge in [0.05, 0.1) is 17.2 Å². The number of sulfonamides is 1. The minimum Gasteiger partial charge on any atom is -0.393 e. The maximum absolute atomic E-state index is 13.3. The van der Waals surface area contributed by atoms with Gasteiger partial charge < -0.3 is 20.6 Å². The lowest BCUT2D eigenvalue weighted by Gasteiger charge is -2.32. The monoisotopic (exact) mass is 525 g/mol. The summed E-state index contributed by atoms with van der Waals surface area (Å²) in [5.74, 6) is 1.03. The number of nitrogens with one attached hydrogen (secondary N) is 2. The van der Waals surface area contributed by atoms with Gasteiger partial charge in [0.25, 0.3) is 0 Å². The number of aliphatic hydroxyl groups excluding tert-OH is 1. The van der Waals surface area contributed by atoms with Crippen molar-refractivity contribution in [2.45, 2.75) is 74.4 Å². The van der Waals surface area contributed by atoms with Gasteiger partial charge in [-0.2, -0.15) is 14.6 Å². The molecule has 11 heteroatoms. The fourth-order valence-corrected chi connectivity index (χ4v) is 6.90. The molecule has 37 heavy (non-hydrogen) atoms. The van der Waals surface area contributed by atoms with Crippen LogP contribution < -0.4 is 15.5 Å². The summed E-state index contributed by atoms with van der Waals surface area (Å²) in [6, 6.07) is 9.64. The Kier molecular flexibility index (Phi) is 7.79. The lowest BCUT2D eigenvalue weighted by molar-refractivity contribution is 0.145. The van der Waals surface area contributed by atoms with Crippen molar-refractivity contribution in [1.29, 1.82) is 5.26 Å². The first-order valence-corrected chi connectivity index (χ1v) is 14.7. The van der Waals surface area contributed by atoms with Crippen LogP contribution in [0.5, 0.6) is 0 Å². The van der Waals surface area contributed by atoms with E-state index >= 15 is 0 Å². The number of aliphatic hydroxyl groups is 1. The highest BCUT2D eigenvalue weighted by Gasteiger charge is 2.30. The SMILES string of the molecule is N#Cc1cnc(NC2CCN(S(=O)(=O)c3ccc(N4CCC(O)CC4)cc3)CC2)nc1NC1CCCC1. The molecular weight excluding hydrogens is 490 g/mol. The third-order valence-electron chi connectivity index (χ3n) is 7.70. The van der Waals surface area contributed by atoms with Crippen LogP contribution in [0.15, 0.2) is 35.4 Å². The zero-order chi connectivity index (χ0) is 25.8. The van der Waals surface area contributed by atoms with Gasteiger partial charge in [0.15, 0.2) is 0 Å². The van der Waals surface area contributed by atoms with Crippen LogP contribution in [0.4, 0.5) is 17.5 Å². The predicted molar refractivity (Wildman–Crippen MR) is 142 cm³/mol. The second-order valence-corrected chi connectivity index (χ2v) is 12.2. The lowest BCUT2D eigenvalue weighted by Crippen LogP contribution is -2.42. The maximum Gasteiger partial charge on any atom is 0.243 e. The lowest BCUT2D eigenvalue weighted by atomic mass is 10.1. The Morgan fingerprint density at radius 1 is 0.919 bits per heavy atom. The molecule has 3 N–H and O–H groups in total. The van der Waals surface area contributed by atoms with Crippen molar-refractivity contribution in [3.8, 4) is 6.07 Å². The molecule has 2 aliphatic heterocycles. The van der Waals surface area contributed by atoms with Crippen molar-refractivity contribution in [3.05, 3.63) is 36.0 Å². The Morgan fingerprint density at radius 3 is 2.22 bits per heavy atom. The summed E-state index contributed by atoms with van der Waals surface area (Å²) in [5, 5.41) is 25.9. The summed E-state index contributed by atoms with van der Waals surface area (Å²) in [7, 11) is -3.57. The number of piperidine rings is 2.